The molecule has 0 aliphatic carbocycles. The first kappa shape index (κ1) is 21.2. The summed E-state index contributed by atoms with van der Waals surface area (Å²) in [5.41, 5.74) is 6.57. The molecule has 1 atom stereocenters. The van der Waals surface area contributed by atoms with E-state index in [4.69, 9.17) is 10.5 Å². The minimum atomic E-state index is -0.596. The number of amides is 1. The molecule has 1 amide bonds. The fraction of sp³-hybridized carbons (Fsp3) is 0.350. The van der Waals surface area contributed by atoms with Gasteiger partial charge < -0.3 is 15.8 Å². The molecule has 3 N–H and O–H groups in total. The van der Waals surface area contributed by atoms with Crippen molar-refractivity contribution in [2.24, 2.45) is 0 Å². The lowest BCUT2D eigenvalue weighted by Crippen LogP contribution is -2.38. The first-order valence-corrected chi connectivity index (χ1v) is 9.11. The number of carbonyl (C=O) groups is 1. The number of likely N-dealkylation sites (N-methyl/N-ethyl adjacent to an activating group) is 1. The summed E-state index contributed by atoms with van der Waals surface area (Å²) in [6.45, 7) is 6.08. The highest BCUT2D eigenvalue weighted by molar-refractivity contribution is 5.95. The number of nitrogens with zero attached hydrogens (tertiary/aromatic N) is 2. The summed E-state index contributed by atoms with van der Waals surface area (Å²) in [5.74, 6) is 0.360. The van der Waals surface area contributed by atoms with Crippen LogP contribution in [0.3, 0.4) is 0 Å². The minimum Gasteiger partial charge on any atom is -0.497 e. The van der Waals surface area contributed by atoms with Gasteiger partial charge >= 0.3 is 0 Å². The third-order valence-corrected chi connectivity index (χ3v) is 4.68. The lowest BCUT2D eigenvalue weighted by Gasteiger charge is -2.30. The Balaban J connectivity index is 2.22. The van der Waals surface area contributed by atoms with Gasteiger partial charge in [-0.3, -0.25) is 19.8 Å². The Kier molecular flexibility index (Phi) is 7.34. The van der Waals surface area contributed by atoms with E-state index < -0.39 is 4.92 Å². The first-order chi connectivity index (χ1) is 13.4. The summed E-state index contributed by atoms with van der Waals surface area (Å²) in [4.78, 5) is 25.2. The molecule has 0 aliphatic rings. The van der Waals surface area contributed by atoms with Gasteiger partial charge in [0, 0.05) is 18.2 Å². The van der Waals surface area contributed by atoms with Crippen LogP contribution in [-0.4, -0.2) is 42.5 Å². The number of hydrogen-bond acceptors (Lipinski definition) is 6. The van der Waals surface area contributed by atoms with Crippen molar-refractivity contribution in [3.8, 4) is 5.75 Å². The summed E-state index contributed by atoms with van der Waals surface area (Å²) in [6.07, 6.45) is 0. The number of hydrogen-bond donors (Lipinski definition) is 2. The Morgan fingerprint density at radius 3 is 2.57 bits per heavy atom. The molecule has 8 heteroatoms. The van der Waals surface area contributed by atoms with Crippen LogP contribution in [0.15, 0.2) is 42.5 Å². The summed E-state index contributed by atoms with van der Waals surface area (Å²) in [6, 6.07) is 11.7. The molecule has 28 heavy (non-hydrogen) atoms. The number of nitrogen functional groups attached to an aromatic ring is 1. The van der Waals surface area contributed by atoms with Crippen molar-refractivity contribution in [1.82, 2.24) is 10.2 Å². The molecular formula is C20H26N4O4. The zero-order valence-electron chi connectivity index (χ0n) is 16.3. The molecule has 0 saturated heterocycles. The average Bonchev–Trinajstić information content (AvgIpc) is 2.71. The van der Waals surface area contributed by atoms with Crippen molar-refractivity contribution in [2.45, 2.75) is 19.9 Å². The highest BCUT2D eigenvalue weighted by Gasteiger charge is 2.21. The molecule has 2 rings (SSSR count). The zero-order chi connectivity index (χ0) is 20.7. The van der Waals surface area contributed by atoms with Crippen molar-refractivity contribution in [3.63, 3.8) is 0 Å². The number of rotatable bonds is 9. The van der Waals surface area contributed by atoms with E-state index in [0.717, 1.165) is 24.4 Å². The SMILES string of the molecule is CCN(CC)[C@H](CNC(=O)c1ccc(N)c([N+](=O)[O-])c1)c1cccc(OC)c1. The van der Waals surface area contributed by atoms with Crippen LogP contribution in [0, 0.1) is 10.1 Å². The van der Waals surface area contributed by atoms with Gasteiger partial charge in [0.25, 0.3) is 11.6 Å². The van der Waals surface area contributed by atoms with E-state index in [1.165, 1.54) is 18.2 Å². The molecular weight excluding hydrogens is 360 g/mol. The maximum Gasteiger partial charge on any atom is 0.292 e. The van der Waals surface area contributed by atoms with E-state index in [0.29, 0.717) is 6.54 Å². The zero-order valence-corrected chi connectivity index (χ0v) is 16.3. The van der Waals surface area contributed by atoms with Crippen molar-refractivity contribution < 1.29 is 14.5 Å². The second-order valence-electron chi connectivity index (χ2n) is 6.25. The van der Waals surface area contributed by atoms with Crippen LogP contribution >= 0.6 is 0 Å². The van der Waals surface area contributed by atoms with Crippen LogP contribution in [0.2, 0.25) is 0 Å². The second-order valence-corrected chi connectivity index (χ2v) is 6.25. The Morgan fingerprint density at radius 2 is 1.96 bits per heavy atom. The number of methoxy groups -OCH3 is 1. The lowest BCUT2D eigenvalue weighted by molar-refractivity contribution is -0.383. The Morgan fingerprint density at radius 1 is 1.25 bits per heavy atom. The van der Waals surface area contributed by atoms with Gasteiger partial charge in [0.1, 0.15) is 11.4 Å². The summed E-state index contributed by atoms with van der Waals surface area (Å²) in [7, 11) is 1.61. The monoisotopic (exact) mass is 386 g/mol. The maximum atomic E-state index is 12.6. The van der Waals surface area contributed by atoms with Gasteiger partial charge in [0.05, 0.1) is 18.1 Å². The topological polar surface area (TPSA) is 111 Å². The Labute approximate surface area is 164 Å². The quantitative estimate of drug-likeness (QED) is 0.389. The minimum absolute atomic E-state index is 0.0268. The molecule has 0 unspecified atom stereocenters. The van der Waals surface area contributed by atoms with E-state index in [2.05, 4.69) is 24.1 Å². The van der Waals surface area contributed by atoms with Crippen molar-refractivity contribution >= 4 is 17.3 Å². The van der Waals surface area contributed by atoms with Gasteiger partial charge in [-0.1, -0.05) is 26.0 Å². The first-order valence-electron chi connectivity index (χ1n) is 9.11. The number of anilines is 1. The van der Waals surface area contributed by atoms with Crippen molar-refractivity contribution in [2.75, 3.05) is 32.5 Å². The largest absolute Gasteiger partial charge is 0.497 e. The van der Waals surface area contributed by atoms with Crippen LogP contribution in [-0.2, 0) is 0 Å². The number of nitrogens with two attached hydrogens (primary N) is 1. The summed E-state index contributed by atoms with van der Waals surface area (Å²) < 4.78 is 5.31. The van der Waals surface area contributed by atoms with E-state index >= 15 is 0 Å². The van der Waals surface area contributed by atoms with E-state index in [1.54, 1.807) is 7.11 Å². The number of benzene rings is 2. The van der Waals surface area contributed by atoms with Crippen molar-refractivity contribution in [3.05, 3.63) is 63.7 Å². The number of nitro benzene ring substituents is 1. The molecule has 0 spiro atoms. The van der Waals surface area contributed by atoms with Gasteiger partial charge in [-0.05, 0) is 42.9 Å². The van der Waals surface area contributed by atoms with E-state index in [1.807, 2.05) is 24.3 Å². The van der Waals surface area contributed by atoms with Crippen LogP contribution in [0.1, 0.15) is 35.8 Å². The lowest BCUT2D eigenvalue weighted by atomic mass is 10.0. The molecule has 0 bridgehead atoms. The third-order valence-electron chi connectivity index (χ3n) is 4.68. The molecule has 0 aliphatic heterocycles. The van der Waals surface area contributed by atoms with Crippen LogP contribution in [0.25, 0.3) is 0 Å². The second kappa shape index (κ2) is 9.70. The predicted molar refractivity (Wildman–Crippen MR) is 108 cm³/mol. The fourth-order valence-corrected chi connectivity index (χ4v) is 3.11. The molecule has 0 aromatic heterocycles. The number of ether oxygens (including phenoxy) is 1. The smallest absolute Gasteiger partial charge is 0.292 e. The molecule has 150 valence electrons. The molecule has 0 saturated carbocycles. The van der Waals surface area contributed by atoms with Gasteiger partial charge in [0.2, 0.25) is 0 Å². The molecule has 2 aromatic rings. The Bertz CT molecular complexity index is 837. The summed E-state index contributed by atoms with van der Waals surface area (Å²) >= 11 is 0. The molecule has 0 fully saturated rings. The van der Waals surface area contributed by atoms with Gasteiger partial charge in [-0.15, -0.1) is 0 Å². The highest BCUT2D eigenvalue weighted by atomic mass is 16.6. The van der Waals surface area contributed by atoms with Crippen molar-refractivity contribution in [1.29, 1.82) is 0 Å². The normalized spacial score (nSPS) is 11.9. The number of nitrogens with one attached hydrogen (secondary N) is 1. The van der Waals surface area contributed by atoms with Crippen LogP contribution in [0.5, 0.6) is 5.75 Å². The number of nitro groups is 1. The van der Waals surface area contributed by atoms with E-state index in [-0.39, 0.29) is 28.9 Å². The molecule has 0 heterocycles. The molecule has 2 aromatic carbocycles. The van der Waals surface area contributed by atoms with Gasteiger partial charge in [-0.25, -0.2) is 0 Å². The van der Waals surface area contributed by atoms with E-state index in [9.17, 15) is 14.9 Å². The number of carbonyl (C=O) groups excluding carboxylic acids is 1. The summed E-state index contributed by atoms with van der Waals surface area (Å²) in [5, 5.41) is 13.9. The third kappa shape index (κ3) is 4.98. The van der Waals surface area contributed by atoms with Gasteiger partial charge in [-0.2, -0.15) is 0 Å². The molecule has 8 nitrogen and oxygen atoms in total. The maximum absolute atomic E-state index is 12.6. The van der Waals surface area contributed by atoms with Crippen LogP contribution < -0.4 is 15.8 Å². The van der Waals surface area contributed by atoms with Gasteiger partial charge in [0.15, 0.2) is 0 Å². The molecule has 0 radical (unpaired) electrons. The standard InChI is InChI=1S/C20H26N4O4/c1-4-23(5-2)19(14-7-6-8-16(11-14)28-3)13-22-20(25)15-9-10-17(21)18(12-15)24(26)27/h6-12,19H,4-5,13,21H2,1-3H3,(H,22,25)/t19-/m1/s1. The average molecular weight is 386 g/mol. The van der Waals surface area contributed by atoms with Crippen LogP contribution in [0.4, 0.5) is 11.4 Å². The Hall–Kier alpha value is -3.13. The predicted octanol–water partition coefficient (Wildman–Crippen LogP) is 3.00. The highest BCUT2D eigenvalue weighted by Crippen LogP contribution is 2.25. The fourth-order valence-electron chi connectivity index (χ4n) is 3.11.